The van der Waals surface area contributed by atoms with Gasteiger partial charge in [-0.3, -0.25) is 9.63 Å². The van der Waals surface area contributed by atoms with Crippen LogP contribution in [-0.2, 0) is 9.63 Å². The van der Waals surface area contributed by atoms with Crippen molar-refractivity contribution in [3.05, 3.63) is 0 Å². The third-order valence-corrected chi connectivity index (χ3v) is 2.60. The van der Waals surface area contributed by atoms with E-state index in [4.69, 9.17) is 9.94 Å². The minimum absolute atomic E-state index is 0.267. The van der Waals surface area contributed by atoms with E-state index >= 15 is 0 Å². The SMILES string of the molecule is CCCCCON(CCC)C(CS)C(=O)O. The van der Waals surface area contributed by atoms with Gasteiger partial charge in [0.05, 0.1) is 6.61 Å². The lowest BCUT2D eigenvalue weighted by Gasteiger charge is -2.26. The Hall–Kier alpha value is -0.260. The molecule has 16 heavy (non-hydrogen) atoms. The Balaban J connectivity index is 4.07. The summed E-state index contributed by atoms with van der Waals surface area (Å²) in [5.41, 5.74) is 0. The molecule has 0 radical (unpaired) electrons. The van der Waals surface area contributed by atoms with Crippen LogP contribution < -0.4 is 0 Å². The molecular formula is C11H23NO3S. The molecule has 0 rings (SSSR count). The van der Waals surface area contributed by atoms with Gasteiger partial charge in [0.25, 0.3) is 0 Å². The minimum atomic E-state index is -0.876. The highest BCUT2D eigenvalue weighted by Crippen LogP contribution is 2.06. The normalized spacial score (nSPS) is 13.0. The van der Waals surface area contributed by atoms with E-state index in [0.717, 1.165) is 25.7 Å². The molecule has 1 atom stereocenters. The van der Waals surface area contributed by atoms with Gasteiger partial charge in [0.2, 0.25) is 0 Å². The van der Waals surface area contributed by atoms with Crippen LogP contribution in [0.25, 0.3) is 0 Å². The topological polar surface area (TPSA) is 49.8 Å². The van der Waals surface area contributed by atoms with Gasteiger partial charge in [0, 0.05) is 12.3 Å². The quantitative estimate of drug-likeness (QED) is 0.354. The van der Waals surface area contributed by atoms with Crippen LogP contribution in [0.15, 0.2) is 0 Å². The van der Waals surface area contributed by atoms with Crippen molar-refractivity contribution >= 4 is 18.6 Å². The molecular weight excluding hydrogens is 226 g/mol. The number of hydrogen-bond donors (Lipinski definition) is 2. The highest BCUT2D eigenvalue weighted by atomic mass is 32.1. The first kappa shape index (κ1) is 15.7. The number of carbonyl (C=O) groups is 1. The van der Waals surface area contributed by atoms with Crippen molar-refractivity contribution in [3.63, 3.8) is 0 Å². The summed E-state index contributed by atoms with van der Waals surface area (Å²) in [6, 6.07) is -0.648. The summed E-state index contributed by atoms with van der Waals surface area (Å²) in [6.07, 6.45) is 4.08. The third-order valence-electron chi connectivity index (χ3n) is 2.25. The van der Waals surface area contributed by atoms with Gasteiger partial charge >= 0.3 is 5.97 Å². The maximum Gasteiger partial charge on any atom is 0.324 e. The summed E-state index contributed by atoms with van der Waals surface area (Å²) in [5, 5.41) is 10.5. The first-order valence-electron chi connectivity index (χ1n) is 5.90. The average Bonchev–Trinajstić information content (AvgIpc) is 2.24. The fourth-order valence-corrected chi connectivity index (χ4v) is 1.70. The molecule has 0 aromatic heterocycles. The highest BCUT2D eigenvalue weighted by Gasteiger charge is 2.24. The van der Waals surface area contributed by atoms with Crippen molar-refractivity contribution in [3.8, 4) is 0 Å². The maximum absolute atomic E-state index is 11.0. The zero-order valence-corrected chi connectivity index (χ0v) is 11.1. The fourth-order valence-electron chi connectivity index (χ4n) is 1.36. The van der Waals surface area contributed by atoms with E-state index in [0.29, 0.717) is 13.2 Å². The summed E-state index contributed by atoms with van der Waals surface area (Å²) in [6.45, 7) is 5.34. The van der Waals surface area contributed by atoms with Gasteiger partial charge in [-0.05, 0) is 12.8 Å². The fraction of sp³-hybridized carbons (Fsp3) is 0.909. The molecule has 0 aromatic carbocycles. The number of hydrogen-bond acceptors (Lipinski definition) is 4. The van der Waals surface area contributed by atoms with Gasteiger partial charge < -0.3 is 5.11 Å². The lowest BCUT2D eigenvalue weighted by atomic mass is 10.3. The number of rotatable bonds is 10. The molecule has 0 aromatic rings. The van der Waals surface area contributed by atoms with Crippen LogP contribution in [0.5, 0.6) is 0 Å². The predicted octanol–water partition coefficient (Wildman–Crippen LogP) is 2.20. The Morgan fingerprint density at radius 1 is 1.38 bits per heavy atom. The lowest BCUT2D eigenvalue weighted by Crippen LogP contribution is -2.43. The third kappa shape index (κ3) is 6.35. The molecule has 0 amide bonds. The van der Waals surface area contributed by atoms with Crippen molar-refractivity contribution in [2.45, 2.75) is 45.6 Å². The van der Waals surface area contributed by atoms with Crippen molar-refractivity contribution in [2.24, 2.45) is 0 Å². The maximum atomic E-state index is 11.0. The monoisotopic (exact) mass is 249 g/mol. The van der Waals surface area contributed by atoms with E-state index in [2.05, 4.69) is 19.6 Å². The van der Waals surface area contributed by atoms with Crippen LogP contribution in [-0.4, -0.2) is 41.1 Å². The highest BCUT2D eigenvalue weighted by molar-refractivity contribution is 7.80. The lowest BCUT2D eigenvalue weighted by molar-refractivity contribution is -0.195. The molecule has 0 aliphatic heterocycles. The van der Waals surface area contributed by atoms with Gasteiger partial charge in [0.1, 0.15) is 6.04 Å². The Morgan fingerprint density at radius 3 is 2.50 bits per heavy atom. The molecule has 1 unspecified atom stereocenters. The van der Waals surface area contributed by atoms with Crippen LogP contribution in [0.3, 0.4) is 0 Å². The number of hydroxylamine groups is 2. The number of aliphatic carboxylic acids is 1. The van der Waals surface area contributed by atoms with Gasteiger partial charge in [-0.15, -0.1) is 0 Å². The molecule has 0 aliphatic carbocycles. The van der Waals surface area contributed by atoms with E-state index in [1.807, 2.05) is 6.92 Å². The summed E-state index contributed by atoms with van der Waals surface area (Å²) >= 11 is 4.05. The average molecular weight is 249 g/mol. The number of thiol groups is 1. The largest absolute Gasteiger partial charge is 0.480 e. The number of carboxylic acid groups (broad SMARTS) is 1. The van der Waals surface area contributed by atoms with E-state index in [-0.39, 0.29) is 5.75 Å². The molecule has 4 nitrogen and oxygen atoms in total. The van der Waals surface area contributed by atoms with Gasteiger partial charge in [-0.1, -0.05) is 26.7 Å². The summed E-state index contributed by atoms with van der Waals surface area (Å²) in [5.74, 6) is -0.609. The van der Waals surface area contributed by atoms with E-state index in [1.54, 1.807) is 5.06 Å². The number of nitrogens with zero attached hydrogens (tertiary/aromatic N) is 1. The zero-order chi connectivity index (χ0) is 12.4. The standard InChI is InChI=1S/C11H23NO3S/c1-3-5-6-8-15-12(7-4-2)10(9-16)11(13)14/h10,16H,3-9H2,1-2H3,(H,13,14). The van der Waals surface area contributed by atoms with Crippen LogP contribution in [0.4, 0.5) is 0 Å². The molecule has 5 heteroatoms. The van der Waals surface area contributed by atoms with Crippen molar-refractivity contribution in [1.82, 2.24) is 5.06 Å². The smallest absolute Gasteiger partial charge is 0.324 e. The second kappa shape index (κ2) is 9.93. The first-order chi connectivity index (χ1) is 7.67. The van der Waals surface area contributed by atoms with Crippen molar-refractivity contribution in [2.75, 3.05) is 18.9 Å². The van der Waals surface area contributed by atoms with E-state index in [9.17, 15) is 4.79 Å². The Bertz CT molecular complexity index is 190. The molecule has 0 fully saturated rings. The molecule has 0 bridgehead atoms. The Morgan fingerprint density at radius 2 is 2.06 bits per heavy atom. The summed E-state index contributed by atoms with van der Waals surface area (Å²) in [4.78, 5) is 16.5. The molecule has 0 aliphatic rings. The first-order valence-corrected chi connectivity index (χ1v) is 6.53. The summed E-state index contributed by atoms with van der Waals surface area (Å²) in [7, 11) is 0. The molecule has 0 heterocycles. The van der Waals surface area contributed by atoms with Crippen molar-refractivity contribution < 1.29 is 14.7 Å². The van der Waals surface area contributed by atoms with Gasteiger partial charge in [-0.2, -0.15) is 17.7 Å². The molecule has 96 valence electrons. The van der Waals surface area contributed by atoms with Crippen LogP contribution in [0, 0.1) is 0 Å². The minimum Gasteiger partial charge on any atom is -0.480 e. The summed E-state index contributed by atoms with van der Waals surface area (Å²) < 4.78 is 0. The van der Waals surface area contributed by atoms with Gasteiger partial charge in [0.15, 0.2) is 0 Å². The van der Waals surface area contributed by atoms with Crippen LogP contribution in [0.1, 0.15) is 39.5 Å². The van der Waals surface area contributed by atoms with Crippen LogP contribution in [0.2, 0.25) is 0 Å². The molecule has 0 saturated carbocycles. The number of unbranched alkanes of at least 4 members (excludes halogenated alkanes) is 2. The van der Waals surface area contributed by atoms with Crippen LogP contribution >= 0.6 is 12.6 Å². The molecule has 1 N–H and O–H groups in total. The van der Waals surface area contributed by atoms with E-state index in [1.165, 1.54) is 0 Å². The number of carboxylic acids is 1. The second-order valence-electron chi connectivity index (χ2n) is 3.72. The zero-order valence-electron chi connectivity index (χ0n) is 10.2. The van der Waals surface area contributed by atoms with E-state index < -0.39 is 12.0 Å². The molecule has 0 saturated heterocycles. The second-order valence-corrected chi connectivity index (χ2v) is 4.08. The predicted molar refractivity (Wildman–Crippen MR) is 67.8 cm³/mol. The Labute approximate surface area is 103 Å². The molecule has 0 spiro atoms. The van der Waals surface area contributed by atoms with Crippen molar-refractivity contribution in [1.29, 1.82) is 0 Å². The Kier molecular flexibility index (Phi) is 9.77. The van der Waals surface area contributed by atoms with Gasteiger partial charge in [-0.25, -0.2) is 0 Å².